The van der Waals surface area contributed by atoms with Gasteiger partial charge in [0.25, 0.3) is 0 Å². The van der Waals surface area contributed by atoms with Gasteiger partial charge in [0.1, 0.15) is 0 Å². The lowest BCUT2D eigenvalue weighted by Gasteiger charge is -1.92. The van der Waals surface area contributed by atoms with E-state index in [1.165, 1.54) is 0 Å². The monoisotopic (exact) mass is 268 g/mol. The highest BCUT2D eigenvalue weighted by Gasteiger charge is 1.99. The number of carboxylic acid groups (broad SMARTS) is 3. The Morgan fingerprint density at radius 3 is 1.47 bits per heavy atom. The van der Waals surface area contributed by atoms with Crippen molar-refractivity contribution in [2.75, 3.05) is 0 Å². The van der Waals surface area contributed by atoms with E-state index in [-0.39, 0.29) is 12.8 Å². The maximum Gasteiger partial charge on any atom is 0.335 e. The molecule has 6 nitrogen and oxygen atoms in total. The van der Waals surface area contributed by atoms with Crippen LogP contribution in [0.1, 0.15) is 36.0 Å². The number of aromatic carboxylic acids is 1. The summed E-state index contributed by atoms with van der Waals surface area (Å²) in [6, 6.07) is 8.30. The highest BCUT2D eigenvalue weighted by molar-refractivity contribution is 5.87. The van der Waals surface area contributed by atoms with Crippen LogP contribution in [0.4, 0.5) is 0 Å². The van der Waals surface area contributed by atoms with E-state index in [1.54, 1.807) is 30.3 Å². The summed E-state index contributed by atoms with van der Waals surface area (Å²) in [5.74, 6) is -2.62. The number of aliphatic carboxylic acids is 2. The zero-order chi connectivity index (χ0) is 14.7. The molecule has 1 aromatic carbocycles. The van der Waals surface area contributed by atoms with E-state index in [1.807, 2.05) is 0 Å². The van der Waals surface area contributed by atoms with Crippen molar-refractivity contribution in [2.24, 2.45) is 0 Å². The molecule has 0 heterocycles. The number of benzene rings is 1. The Kier molecular flexibility index (Phi) is 8.44. The summed E-state index contributed by atoms with van der Waals surface area (Å²) in [6.45, 7) is 0. The average Bonchev–Trinajstić information content (AvgIpc) is 2.36. The molecule has 0 bridgehead atoms. The lowest BCUT2D eigenvalue weighted by molar-refractivity contribution is -0.139. The number of carbonyl (C=O) groups is 3. The van der Waals surface area contributed by atoms with Crippen LogP contribution < -0.4 is 0 Å². The molecule has 0 saturated carbocycles. The third kappa shape index (κ3) is 10.5. The van der Waals surface area contributed by atoms with Crippen LogP contribution in [0.2, 0.25) is 0 Å². The lowest BCUT2D eigenvalue weighted by atomic mass is 10.2. The molecule has 0 aliphatic rings. The second kappa shape index (κ2) is 9.64. The van der Waals surface area contributed by atoms with Gasteiger partial charge in [-0.1, -0.05) is 18.2 Å². The maximum absolute atomic E-state index is 10.2. The molecule has 0 unspecified atom stereocenters. The Morgan fingerprint density at radius 2 is 1.21 bits per heavy atom. The molecule has 0 aliphatic heterocycles. The summed E-state index contributed by atoms with van der Waals surface area (Å²) in [7, 11) is 0. The highest BCUT2D eigenvalue weighted by Crippen LogP contribution is 1.98. The van der Waals surface area contributed by atoms with Crippen molar-refractivity contribution in [1.82, 2.24) is 0 Å². The van der Waals surface area contributed by atoms with Crippen molar-refractivity contribution in [1.29, 1.82) is 0 Å². The molecule has 0 fully saturated rings. The molecule has 0 saturated heterocycles. The summed E-state index contributed by atoms with van der Waals surface area (Å²) < 4.78 is 0. The van der Waals surface area contributed by atoms with Crippen LogP contribution in [0.25, 0.3) is 0 Å². The third-order valence-electron chi connectivity index (χ3n) is 2.05. The number of carboxylic acids is 3. The molecule has 0 atom stereocenters. The van der Waals surface area contributed by atoms with Crippen molar-refractivity contribution in [3.05, 3.63) is 35.9 Å². The summed E-state index contributed by atoms with van der Waals surface area (Å²) in [4.78, 5) is 30.0. The largest absolute Gasteiger partial charge is 0.481 e. The van der Waals surface area contributed by atoms with Gasteiger partial charge in [0.2, 0.25) is 0 Å². The summed E-state index contributed by atoms with van der Waals surface area (Å²) in [5, 5.41) is 24.6. The van der Waals surface area contributed by atoms with Crippen molar-refractivity contribution >= 4 is 17.9 Å². The molecule has 3 N–H and O–H groups in total. The van der Waals surface area contributed by atoms with Crippen LogP contribution in [0.5, 0.6) is 0 Å². The topological polar surface area (TPSA) is 112 Å². The fourth-order valence-electron chi connectivity index (χ4n) is 1.13. The second-order valence-corrected chi connectivity index (χ2v) is 3.67. The van der Waals surface area contributed by atoms with Gasteiger partial charge >= 0.3 is 17.9 Å². The first-order valence-corrected chi connectivity index (χ1v) is 5.65. The van der Waals surface area contributed by atoms with Crippen molar-refractivity contribution in [3.8, 4) is 0 Å². The quantitative estimate of drug-likeness (QED) is 0.681. The molecule has 19 heavy (non-hydrogen) atoms. The van der Waals surface area contributed by atoms with E-state index >= 15 is 0 Å². The van der Waals surface area contributed by atoms with Crippen LogP contribution in [0.3, 0.4) is 0 Å². The molecule has 6 heteroatoms. The van der Waals surface area contributed by atoms with Crippen LogP contribution in [0, 0.1) is 0 Å². The lowest BCUT2D eigenvalue weighted by Crippen LogP contribution is -1.97. The minimum absolute atomic E-state index is 0.0628. The fraction of sp³-hybridized carbons (Fsp3) is 0.308. The standard InChI is InChI=1S/C7H6O2.C6H10O4/c8-7(9)6-4-2-1-3-5-6;7-5(8)3-1-2-4-6(9)10/h1-5H,(H,8,9);1-4H2,(H,7,8)(H,9,10). The summed E-state index contributed by atoms with van der Waals surface area (Å²) in [5.41, 5.74) is 0.331. The predicted octanol–water partition coefficient (Wildman–Crippen LogP) is 2.10. The average molecular weight is 268 g/mol. The van der Waals surface area contributed by atoms with Gasteiger partial charge in [-0.05, 0) is 25.0 Å². The molecule has 0 radical (unpaired) electrons. The maximum atomic E-state index is 10.2. The molecule has 0 amide bonds. The Hall–Kier alpha value is -2.37. The number of hydrogen-bond acceptors (Lipinski definition) is 3. The Bertz CT molecular complexity index is 396. The van der Waals surface area contributed by atoms with Gasteiger partial charge in [0.15, 0.2) is 0 Å². The van der Waals surface area contributed by atoms with Crippen molar-refractivity contribution < 1.29 is 29.7 Å². The van der Waals surface area contributed by atoms with E-state index in [0.717, 1.165) is 0 Å². The Balaban J connectivity index is 0.000000342. The van der Waals surface area contributed by atoms with E-state index in [4.69, 9.17) is 15.3 Å². The van der Waals surface area contributed by atoms with Crippen LogP contribution in [-0.4, -0.2) is 33.2 Å². The molecule has 0 aromatic heterocycles. The van der Waals surface area contributed by atoms with Crippen LogP contribution >= 0.6 is 0 Å². The van der Waals surface area contributed by atoms with E-state index < -0.39 is 17.9 Å². The zero-order valence-electron chi connectivity index (χ0n) is 10.3. The normalized spacial score (nSPS) is 9.05. The molecule has 0 spiro atoms. The Labute approximate surface area is 110 Å². The molecule has 104 valence electrons. The van der Waals surface area contributed by atoms with Gasteiger partial charge in [-0.3, -0.25) is 9.59 Å². The molecular formula is C13H16O6. The van der Waals surface area contributed by atoms with Gasteiger partial charge < -0.3 is 15.3 Å². The van der Waals surface area contributed by atoms with Crippen molar-refractivity contribution in [3.63, 3.8) is 0 Å². The molecule has 0 aliphatic carbocycles. The SMILES string of the molecule is O=C(O)CCCCC(=O)O.O=C(O)c1ccccc1. The first-order valence-electron chi connectivity index (χ1n) is 5.65. The minimum Gasteiger partial charge on any atom is -0.481 e. The van der Waals surface area contributed by atoms with Gasteiger partial charge in [-0.2, -0.15) is 0 Å². The smallest absolute Gasteiger partial charge is 0.335 e. The van der Waals surface area contributed by atoms with Gasteiger partial charge in [-0.15, -0.1) is 0 Å². The fourth-order valence-corrected chi connectivity index (χ4v) is 1.13. The van der Waals surface area contributed by atoms with E-state index in [9.17, 15) is 14.4 Å². The highest BCUT2D eigenvalue weighted by atomic mass is 16.4. The Morgan fingerprint density at radius 1 is 0.789 bits per heavy atom. The predicted molar refractivity (Wildman–Crippen MR) is 67.1 cm³/mol. The summed E-state index contributed by atoms with van der Waals surface area (Å²) in [6.07, 6.45) is 1.02. The van der Waals surface area contributed by atoms with Gasteiger partial charge in [0, 0.05) is 12.8 Å². The molecular weight excluding hydrogens is 252 g/mol. The van der Waals surface area contributed by atoms with Crippen LogP contribution in [0.15, 0.2) is 30.3 Å². The first-order chi connectivity index (χ1) is 8.93. The first kappa shape index (κ1) is 16.6. The minimum atomic E-state index is -0.879. The van der Waals surface area contributed by atoms with Gasteiger partial charge in [0.05, 0.1) is 5.56 Å². The third-order valence-corrected chi connectivity index (χ3v) is 2.05. The molecule has 1 rings (SSSR count). The van der Waals surface area contributed by atoms with Crippen molar-refractivity contribution in [2.45, 2.75) is 25.7 Å². The van der Waals surface area contributed by atoms with Crippen LogP contribution in [-0.2, 0) is 9.59 Å². The van der Waals surface area contributed by atoms with E-state index in [2.05, 4.69) is 0 Å². The number of rotatable bonds is 6. The van der Waals surface area contributed by atoms with E-state index in [0.29, 0.717) is 18.4 Å². The second-order valence-electron chi connectivity index (χ2n) is 3.67. The number of hydrogen-bond donors (Lipinski definition) is 3. The summed E-state index contributed by atoms with van der Waals surface area (Å²) >= 11 is 0. The number of unbranched alkanes of at least 4 members (excludes halogenated alkanes) is 1. The zero-order valence-corrected chi connectivity index (χ0v) is 10.3. The molecule has 1 aromatic rings. The van der Waals surface area contributed by atoms with Gasteiger partial charge in [-0.25, -0.2) is 4.79 Å².